The molecule has 0 bridgehead atoms. The largest absolute Gasteiger partial charge is 0.483 e. The molecule has 174 valence electrons. The highest BCUT2D eigenvalue weighted by atomic mass is 32.2. The quantitative estimate of drug-likeness (QED) is 0.545. The van der Waals surface area contributed by atoms with E-state index >= 15 is 0 Å². The van der Waals surface area contributed by atoms with Gasteiger partial charge in [-0.2, -0.15) is 4.72 Å². The van der Waals surface area contributed by atoms with Crippen LogP contribution in [-0.4, -0.2) is 50.9 Å². The second-order valence-corrected chi connectivity index (χ2v) is 10.5. The zero-order valence-electron chi connectivity index (χ0n) is 18.2. The number of amides is 2. The summed E-state index contributed by atoms with van der Waals surface area (Å²) in [7, 11) is -3.76. The number of likely N-dealkylation sites (tertiary alicyclic amines) is 1. The highest BCUT2D eigenvalue weighted by Gasteiger charge is 2.26. The maximum absolute atomic E-state index is 12.7. The summed E-state index contributed by atoms with van der Waals surface area (Å²) >= 11 is 1.09. The third kappa shape index (κ3) is 6.08. The number of para-hydroxylation sites is 1. The number of carbonyl (C=O) groups excluding carboxylic acids is 2. The van der Waals surface area contributed by atoms with Crippen LogP contribution in [0.15, 0.2) is 46.0 Å². The predicted octanol–water partition coefficient (Wildman–Crippen LogP) is 2.68. The van der Waals surface area contributed by atoms with Crippen LogP contribution in [0.3, 0.4) is 0 Å². The lowest BCUT2D eigenvalue weighted by atomic mass is 10.0. The molecule has 1 aromatic carbocycles. The predicted molar refractivity (Wildman–Crippen MR) is 123 cm³/mol. The van der Waals surface area contributed by atoms with Crippen molar-refractivity contribution in [2.24, 2.45) is 0 Å². The standard InChI is InChI=1S/C22H29N3O5S2/c1-3-18(23-22(27)16(2)24-32(28,29)21-11-8-14-31-21)17-9-4-5-10-19(17)30-15-20(26)25-12-6-7-13-25/h4-5,8-11,14,16,18,24H,3,6-7,12-13,15H2,1-2H3,(H,23,27). The molecule has 1 fully saturated rings. The molecule has 32 heavy (non-hydrogen) atoms. The molecule has 1 aliphatic heterocycles. The zero-order chi connectivity index (χ0) is 23.1. The molecule has 2 amide bonds. The molecule has 2 unspecified atom stereocenters. The lowest BCUT2D eigenvalue weighted by Crippen LogP contribution is -2.45. The molecule has 0 aliphatic carbocycles. The van der Waals surface area contributed by atoms with E-state index in [2.05, 4.69) is 10.0 Å². The van der Waals surface area contributed by atoms with Crippen molar-refractivity contribution >= 4 is 33.2 Å². The highest BCUT2D eigenvalue weighted by molar-refractivity contribution is 7.91. The lowest BCUT2D eigenvalue weighted by Gasteiger charge is -2.23. The van der Waals surface area contributed by atoms with Crippen molar-refractivity contribution < 1.29 is 22.7 Å². The average molecular weight is 480 g/mol. The van der Waals surface area contributed by atoms with E-state index in [-0.39, 0.29) is 16.7 Å². The number of nitrogens with one attached hydrogen (secondary N) is 2. The van der Waals surface area contributed by atoms with Crippen LogP contribution in [-0.2, 0) is 19.6 Å². The van der Waals surface area contributed by atoms with Gasteiger partial charge >= 0.3 is 0 Å². The minimum absolute atomic E-state index is 0.0500. The average Bonchev–Trinajstić information content (AvgIpc) is 3.50. The van der Waals surface area contributed by atoms with Gasteiger partial charge in [-0.1, -0.05) is 31.2 Å². The fraction of sp³-hybridized carbons (Fsp3) is 0.455. The molecule has 0 spiro atoms. The molecule has 1 aliphatic rings. The number of hydrogen-bond acceptors (Lipinski definition) is 6. The number of nitrogens with zero attached hydrogens (tertiary/aromatic N) is 1. The Morgan fingerprint density at radius 1 is 1.16 bits per heavy atom. The summed E-state index contributed by atoms with van der Waals surface area (Å²) in [5.41, 5.74) is 0.742. The molecule has 1 aromatic heterocycles. The Morgan fingerprint density at radius 2 is 1.88 bits per heavy atom. The Balaban J connectivity index is 1.64. The number of sulfonamides is 1. The minimum atomic E-state index is -3.76. The lowest BCUT2D eigenvalue weighted by molar-refractivity contribution is -0.132. The summed E-state index contributed by atoms with van der Waals surface area (Å²) in [5, 5.41) is 4.56. The van der Waals surface area contributed by atoms with E-state index in [0.717, 1.165) is 42.8 Å². The van der Waals surface area contributed by atoms with Crippen molar-refractivity contribution in [1.29, 1.82) is 0 Å². The van der Waals surface area contributed by atoms with E-state index in [1.165, 1.54) is 13.0 Å². The van der Waals surface area contributed by atoms with Crippen molar-refractivity contribution in [2.45, 2.75) is 49.4 Å². The molecule has 10 heteroatoms. The Morgan fingerprint density at radius 3 is 2.53 bits per heavy atom. The summed E-state index contributed by atoms with van der Waals surface area (Å²) in [6.07, 6.45) is 2.60. The van der Waals surface area contributed by atoms with Gasteiger partial charge in [-0.15, -0.1) is 11.3 Å². The first-order valence-corrected chi connectivity index (χ1v) is 13.0. The van der Waals surface area contributed by atoms with Crippen LogP contribution in [0.2, 0.25) is 0 Å². The number of hydrogen-bond donors (Lipinski definition) is 2. The van der Waals surface area contributed by atoms with Crippen LogP contribution in [0.4, 0.5) is 0 Å². The Bertz CT molecular complexity index is 1020. The molecule has 0 radical (unpaired) electrons. The second-order valence-electron chi connectivity index (χ2n) is 7.66. The fourth-order valence-corrected chi connectivity index (χ4v) is 5.77. The Labute approximate surface area is 193 Å². The Hall–Kier alpha value is -2.43. The first-order valence-electron chi connectivity index (χ1n) is 10.7. The third-order valence-electron chi connectivity index (χ3n) is 5.31. The second kappa shape index (κ2) is 10.9. The number of ether oxygens (including phenoxy) is 1. The molecule has 2 N–H and O–H groups in total. The summed E-state index contributed by atoms with van der Waals surface area (Å²) in [4.78, 5) is 26.9. The molecular formula is C22H29N3O5S2. The van der Waals surface area contributed by atoms with E-state index in [0.29, 0.717) is 12.2 Å². The molecule has 2 heterocycles. The number of benzene rings is 1. The minimum Gasteiger partial charge on any atom is -0.483 e. The normalized spacial score (nSPS) is 15.9. The molecule has 2 atom stereocenters. The van der Waals surface area contributed by atoms with Gasteiger partial charge < -0.3 is 15.0 Å². The number of thiophene rings is 1. The van der Waals surface area contributed by atoms with E-state index in [1.807, 2.05) is 25.1 Å². The van der Waals surface area contributed by atoms with Gasteiger partial charge in [-0.05, 0) is 43.7 Å². The van der Waals surface area contributed by atoms with E-state index < -0.39 is 28.0 Å². The van der Waals surface area contributed by atoms with Crippen LogP contribution in [0, 0.1) is 0 Å². The molecule has 1 saturated heterocycles. The van der Waals surface area contributed by atoms with Crippen molar-refractivity contribution in [3.63, 3.8) is 0 Å². The van der Waals surface area contributed by atoms with Gasteiger partial charge in [0.25, 0.3) is 15.9 Å². The summed E-state index contributed by atoms with van der Waals surface area (Å²) in [6, 6.07) is 9.03. The van der Waals surface area contributed by atoms with E-state index in [1.54, 1.807) is 22.4 Å². The van der Waals surface area contributed by atoms with Gasteiger partial charge in [0.05, 0.1) is 12.1 Å². The number of rotatable bonds is 10. The van der Waals surface area contributed by atoms with Gasteiger partial charge in [-0.25, -0.2) is 8.42 Å². The molecule has 8 nitrogen and oxygen atoms in total. The van der Waals surface area contributed by atoms with Crippen molar-refractivity contribution in [3.8, 4) is 5.75 Å². The van der Waals surface area contributed by atoms with E-state index in [9.17, 15) is 18.0 Å². The summed E-state index contributed by atoms with van der Waals surface area (Å²) in [5.74, 6) is 0.0323. The van der Waals surface area contributed by atoms with Crippen LogP contribution < -0.4 is 14.8 Å². The van der Waals surface area contributed by atoms with Crippen LogP contribution in [0.25, 0.3) is 0 Å². The third-order valence-corrected chi connectivity index (χ3v) is 8.25. The maximum Gasteiger partial charge on any atom is 0.260 e. The molecule has 3 rings (SSSR count). The van der Waals surface area contributed by atoms with Crippen molar-refractivity contribution in [3.05, 3.63) is 47.3 Å². The molecule has 2 aromatic rings. The summed E-state index contributed by atoms with van der Waals surface area (Å²) < 4.78 is 33.2. The van der Waals surface area contributed by atoms with Gasteiger partial charge in [0.1, 0.15) is 9.96 Å². The topological polar surface area (TPSA) is 105 Å². The SMILES string of the molecule is CCC(NC(=O)C(C)NS(=O)(=O)c1cccs1)c1ccccc1OCC(=O)N1CCCC1. The van der Waals surface area contributed by atoms with Gasteiger partial charge in [0.2, 0.25) is 5.91 Å². The fourth-order valence-electron chi connectivity index (χ4n) is 3.55. The van der Waals surface area contributed by atoms with Crippen molar-refractivity contribution in [2.75, 3.05) is 19.7 Å². The highest BCUT2D eigenvalue weighted by Crippen LogP contribution is 2.27. The Kier molecular flexibility index (Phi) is 8.27. The maximum atomic E-state index is 12.7. The monoisotopic (exact) mass is 479 g/mol. The molecular weight excluding hydrogens is 450 g/mol. The van der Waals surface area contributed by atoms with Gasteiger partial charge in [0, 0.05) is 18.7 Å². The van der Waals surface area contributed by atoms with Gasteiger partial charge in [0.15, 0.2) is 6.61 Å². The molecule has 0 saturated carbocycles. The number of carbonyl (C=O) groups is 2. The first-order chi connectivity index (χ1) is 15.3. The van der Waals surface area contributed by atoms with Crippen LogP contribution >= 0.6 is 11.3 Å². The van der Waals surface area contributed by atoms with Gasteiger partial charge in [-0.3, -0.25) is 9.59 Å². The van der Waals surface area contributed by atoms with Crippen LogP contribution in [0.1, 0.15) is 44.7 Å². The van der Waals surface area contributed by atoms with Crippen molar-refractivity contribution in [1.82, 2.24) is 14.9 Å². The smallest absolute Gasteiger partial charge is 0.260 e. The zero-order valence-corrected chi connectivity index (χ0v) is 19.9. The van der Waals surface area contributed by atoms with Crippen LogP contribution in [0.5, 0.6) is 5.75 Å². The van der Waals surface area contributed by atoms with E-state index in [4.69, 9.17) is 4.74 Å². The first kappa shape index (κ1) is 24.2. The summed E-state index contributed by atoms with van der Waals surface area (Å²) in [6.45, 7) is 4.88.